The molecule has 2 atom stereocenters. The second-order valence-corrected chi connectivity index (χ2v) is 16.5. The standard InChI is InChI=1S/C42H53N11O4.C2H6/c1-27(28-13-15-35(44-22-28)46-40-45-23-29-21-34(39(56)48(3)4)52(38(29)47-40)30-9-6-7-10-30)50-19-17-42(18-20-50)25-51(26-42)32-11-8-12-33-37(32)49(5)41(57)53(33)31(24-54)14-16-36(55)43-2;1-2/h8,11-13,15,21-24,27,30-31H,6-7,9-10,14,16-20,25-26H2,1-5H3,(H,43,55)(H,44,45,46,47);1-2H3. The third-order valence-electron chi connectivity index (χ3n) is 12.7. The van der Waals surface area contributed by atoms with Crippen LogP contribution in [0.4, 0.5) is 17.5 Å². The number of hydrogen-bond donors (Lipinski definition) is 2. The van der Waals surface area contributed by atoms with Crippen LogP contribution in [-0.2, 0) is 16.6 Å². The van der Waals surface area contributed by atoms with Gasteiger partial charge in [0.25, 0.3) is 5.91 Å². The van der Waals surface area contributed by atoms with Crippen molar-refractivity contribution < 1.29 is 14.4 Å². The maximum absolute atomic E-state index is 13.4. The number of piperidine rings is 1. The van der Waals surface area contributed by atoms with Gasteiger partial charge in [-0.15, -0.1) is 0 Å². The number of anilines is 3. The van der Waals surface area contributed by atoms with E-state index in [1.165, 1.54) is 4.57 Å². The van der Waals surface area contributed by atoms with Gasteiger partial charge in [-0.3, -0.25) is 23.6 Å². The van der Waals surface area contributed by atoms with Crippen LogP contribution in [0.3, 0.4) is 0 Å². The minimum atomic E-state index is -0.718. The average Bonchev–Trinajstić information content (AvgIpc) is 3.97. The maximum Gasteiger partial charge on any atom is 0.329 e. The van der Waals surface area contributed by atoms with Crippen molar-refractivity contribution in [1.82, 2.24) is 43.8 Å². The molecule has 6 heterocycles. The first-order chi connectivity index (χ1) is 28.5. The van der Waals surface area contributed by atoms with E-state index in [0.717, 1.165) is 98.8 Å². The normalized spacial score (nSPS) is 17.6. The number of imidazole rings is 1. The molecule has 1 aromatic carbocycles. The van der Waals surface area contributed by atoms with E-state index in [2.05, 4.69) is 49.0 Å². The largest absolute Gasteiger partial charge is 0.369 e. The smallest absolute Gasteiger partial charge is 0.329 e. The number of rotatable bonds is 12. The summed E-state index contributed by atoms with van der Waals surface area (Å²) in [6, 6.07) is 11.6. The monoisotopic (exact) mass is 805 g/mol. The number of carbonyl (C=O) groups is 3. The van der Waals surface area contributed by atoms with E-state index in [1.807, 2.05) is 44.3 Å². The molecule has 1 saturated carbocycles. The molecule has 314 valence electrons. The van der Waals surface area contributed by atoms with Gasteiger partial charge in [-0.1, -0.05) is 38.8 Å². The summed E-state index contributed by atoms with van der Waals surface area (Å²) in [7, 11) is 6.88. The fourth-order valence-electron chi connectivity index (χ4n) is 9.34. The zero-order chi connectivity index (χ0) is 42.0. The number of carbonyl (C=O) groups excluding carboxylic acids is 3. The van der Waals surface area contributed by atoms with Crippen LogP contribution in [0.15, 0.2) is 53.6 Å². The average molecular weight is 806 g/mol. The molecule has 1 aliphatic carbocycles. The number of amides is 2. The number of fused-ring (bicyclic) bond motifs is 2. The molecular weight excluding hydrogens is 747 g/mol. The Morgan fingerprint density at radius 2 is 1.76 bits per heavy atom. The van der Waals surface area contributed by atoms with Crippen molar-refractivity contribution in [3.63, 3.8) is 0 Å². The molecule has 2 N–H and O–H groups in total. The summed E-state index contributed by atoms with van der Waals surface area (Å²) >= 11 is 0. The second-order valence-electron chi connectivity index (χ2n) is 16.5. The van der Waals surface area contributed by atoms with Gasteiger partial charge in [0.05, 0.1) is 22.8 Å². The lowest BCUT2D eigenvalue weighted by atomic mass is 9.71. The first kappa shape index (κ1) is 41.6. The Balaban J connectivity index is 0.00000260. The van der Waals surface area contributed by atoms with Gasteiger partial charge in [0, 0.05) is 83.0 Å². The summed E-state index contributed by atoms with van der Waals surface area (Å²) in [5.74, 6) is 0.920. The van der Waals surface area contributed by atoms with Crippen LogP contribution in [0.5, 0.6) is 0 Å². The van der Waals surface area contributed by atoms with E-state index in [9.17, 15) is 19.2 Å². The highest BCUT2D eigenvalue weighted by Crippen LogP contribution is 2.45. The quantitative estimate of drug-likeness (QED) is 0.144. The summed E-state index contributed by atoms with van der Waals surface area (Å²) in [5.41, 5.74) is 5.06. The molecule has 15 nitrogen and oxygen atoms in total. The summed E-state index contributed by atoms with van der Waals surface area (Å²) in [4.78, 5) is 71.3. The van der Waals surface area contributed by atoms with E-state index in [4.69, 9.17) is 9.97 Å². The highest BCUT2D eigenvalue weighted by atomic mass is 16.2. The molecule has 2 aliphatic heterocycles. The van der Waals surface area contributed by atoms with Crippen LogP contribution in [-0.4, -0.2) is 104 Å². The Labute approximate surface area is 345 Å². The molecular formula is C44H59N11O4. The van der Waals surface area contributed by atoms with Crippen LogP contribution in [0.2, 0.25) is 0 Å². The molecule has 4 aromatic heterocycles. The number of benzene rings is 1. The molecule has 15 heteroatoms. The van der Waals surface area contributed by atoms with Gasteiger partial charge < -0.3 is 29.8 Å². The van der Waals surface area contributed by atoms with Gasteiger partial charge in [0.2, 0.25) is 11.9 Å². The van der Waals surface area contributed by atoms with Crippen molar-refractivity contribution >= 4 is 57.6 Å². The van der Waals surface area contributed by atoms with Crippen molar-refractivity contribution in [2.75, 3.05) is 57.5 Å². The number of nitrogens with zero attached hydrogens (tertiary/aromatic N) is 9. The SMILES string of the molecule is CC.CNC(=O)CCC(C=O)n1c(=O)n(C)c2c(N3CC4(CCN(C(C)c5ccc(Nc6ncc7cc(C(=O)N(C)C)n(C8CCCC8)c7n6)nc5)CC4)C3)cccc21. The molecule has 0 bridgehead atoms. The van der Waals surface area contributed by atoms with Crippen molar-refractivity contribution in [3.8, 4) is 0 Å². The van der Waals surface area contributed by atoms with Crippen molar-refractivity contribution in [3.05, 3.63) is 70.5 Å². The minimum Gasteiger partial charge on any atom is -0.369 e. The fraction of sp³-hybridized carbons (Fsp3) is 0.523. The van der Waals surface area contributed by atoms with Gasteiger partial charge in [0.15, 0.2) is 0 Å². The number of nitrogens with one attached hydrogen (secondary N) is 2. The van der Waals surface area contributed by atoms with Crippen molar-refractivity contribution in [2.45, 2.75) is 90.3 Å². The Hall–Kier alpha value is -5.57. The molecule has 8 rings (SSSR count). The molecule has 3 fully saturated rings. The highest BCUT2D eigenvalue weighted by Gasteiger charge is 2.46. The van der Waals surface area contributed by atoms with Crippen molar-refractivity contribution in [2.24, 2.45) is 12.5 Å². The van der Waals surface area contributed by atoms with Crippen LogP contribution < -0.4 is 21.2 Å². The van der Waals surface area contributed by atoms with Gasteiger partial charge in [-0.25, -0.2) is 14.8 Å². The third kappa shape index (κ3) is 7.96. The fourth-order valence-corrected chi connectivity index (χ4v) is 9.34. The minimum absolute atomic E-state index is 0.0307. The van der Waals surface area contributed by atoms with Crippen LogP contribution in [0.1, 0.15) is 106 Å². The van der Waals surface area contributed by atoms with Gasteiger partial charge in [-0.2, -0.15) is 4.98 Å². The third-order valence-corrected chi connectivity index (χ3v) is 12.7. The van der Waals surface area contributed by atoms with Crippen LogP contribution in [0, 0.1) is 5.41 Å². The molecule has 0 radical (unpaired) electrons. The van der Waals surface area contributed by atoms with Gasteiger partial charge >= 0.3 is 5.69 Å². The van der Waals surface area contributed by atoms with E-state index >= 15 is 0 Å². The summed E-state index contributed by atoms with van der Waals surface area (Å²) in [5, 5.41) is 6.74. The molecule has 2 unspecified atom stereocenters. The van der Waals surface area contributed by atoms with Crippen LogP contribution >= 0.6 is 0 Å². The Morgan fingerprint density at radius 1 is 1.03 bits per heavy atom. The molecule has 5 aromatic rings. The van der Waals surface area contributed by atoms with E-state index in [0.29, 0.717) is 23.0 Å². The van der Waals surface area contributed by atoms with Crippen LogP contribution in [0.25, 0.3) is 22.1 Å². The number of hydrogen-bond acceptors (Lipinski definition) is 10. The number of para-hydroxylation sites is 1. The Kier molecular flexibility index (Phi) is 12.2. The van der Waals surface area contributed by atoms with E-state index in [-0.39, 0.29) is 47.8 Å². The summed E-state index contributed by atoms with van der Waals surface area (Å²) < 4.78 is 5.29. The Bertz CT molecular complexity index is 2360. The predicted molar refractivity (Wildman–Crippen MR) is 231 cm³/mol. The number of pyridine rings is 1. The zero-order valence-electron chi connectivity index (χ0n) is 35.6. The first-order valence-electron chi connectivity index (χ1n) is 21.2. The molecule has 1 spiro atoms. The summed E-state index contributed by atoms with van der Waals surface area (Å²) in [6.45, 7) is 10.0. The Morgan fingerprint density at radius 3 is 2.41 bits per heavy atom. The lowest BCUT2D eigenvalue weighted by molar-refractivity contribution is -0.121. The lowest BCUT2D eigenvalue weighted by Gasteiger charge is -2.55. The topological polar surface area (TPSA) is 156 Å². The van der Waals surface area contributed by atoms with E-state index in [1.54, 1.807) is 43.9 Å². The highest BCUT2D eigenvalue weighted by molar-refractivity contribution is 5.98. The van der Waals surface area contributed by atoms with Gasteiger partial charge in [0.1, 0.15) is 23.4 Å². The predicted octanol–water partition coefficient (Wildman–Crippen LogP) is 6.00. The van der Waals surface area contributed by atoms with Gasteiger partial charge in [-0.05, 0) is 81.9 Å². The van der Waals surface area contributed by atoms with E-state index < -0.39 is 6.04 Å². The molecule has 3 aliphatic rings. The number of aldehydes is 1. The number of aryl methyl sites for hydroxylation is 1. The molecule has 2 amide bonds. The number of aromatic nitrogens is 6. The second kappa shape index (κ2) is 17.3. The van der Waals surface area contributed by atoms with Crippen molar-refractivity contribution in [1.29, 1.82) is 0 Å². The first-order valence-corrected chi connectivity index (χ1v) is 21.2. The number of likely N-dealkylation sites (tertiary alicyclic amines) is 1. The zero-order valence-corrected chi connectivity index (χ0v) is 35.6. The molecule has 2 saturated heterocycles. The maximum atomic E-state index is 13.4. The molecule has 59 heavy (non-hydrogen) atoms. The summed E-state index contributed by atoms with van der Waals surface area (Å²) in [6.07, 6.45) is 11.4. The lowest BCUT2D eigenvalue weighted by Crippen LogP contribution is -2.60.